The fraction of sp³-hybridized carbons (Fsp3) is 0.278. The number of anilines is 1. The summed E-state index contributed by atoms with van der Waals surface area (Å²) in [4.78, 5) is 6.27. The predicted octanol–water partition coefficient (Wildman–Crippen LogP) is 3.18. The number of hydrogen-bond acceptors (Lipinski definition) is 6. The molecule has 2 aromatic heterocycles. The Bertz CT molecular complexity index is 778. The molecule has 0 amide bonds. The molecule has 0 spiro atoms. The summed E-state index contributed by atoms with van der Waals surface area (Å²) >= 11 is 1.67. The lowest BCUT2D eigenvalue weighted by Gasteiger charge is -2.15. The second-order valence-electron chi connectivity index (χ2n) is 5.80. The van der Waals surface area contributed by atoms with E-state index in [2.05, 4.69) is 44.3 Å². The monoisotopic (exact) mass is 338 g/mol. The number of aromatic nitrogens is 3. The maximum atomic E-state index is 6.00. The molecule has 6 heteroatoms. The van der Waals surface area contributed by atoms with Crippen LogP contribution in [-0.2, 0) is 6.42 Å². The lowest BCUT2D eigenvalue weighted by molar-refractivity contribution is 0.224. The van der Waals surface area contributed by atoms with Crippen LogP contribution in [0.2, 0.25) is 0 Å². The van der Waals surface area contributed by atoms with E-state index in [4.69, 9.17) is 4.74 Å². The molecule has 0 aliphatic carbocycles. The molecule has 3 heterocycles. The van der Waals surface area contributed by atoms with Crippen LogP contribution in [0, 0.1) is 0 Å². The largest absolute Gasteiger partial charge is 0.488 e. The van der Waals surface area contributed by atoms with E-state index in [1.165, 1.54) is 5.56 Å². The standard InChI is InChI=1S/C18H18N4OS/c1-2-4-14(5-3-1)12-17-20-21-18(24-17)22-11-8-16(13-22)23-15-6-9-19-10-7-15/h1-7,9-10,16H,8,11-13H2/t16-/m1/s1. The molecule has 1 saturated heterocycles. The van der Waals surface area contributed by atoms with Gasteiger partial charge in [-0.15, -0.1) is 10.2 Å². The molecule has 0 saturated carbocycles. The molecule has 3 aromatic rings. The third-order valence-corrected chi connectivity index (χ3v) is 5.01. The Morgan fingerprint density at radius 3 is 2.75 bits per heavy atom. The molecule has 0 radical (unpaired) electrons. The minimum atomic E-state index is 0.189. The number of pyridine rings is 1. The van der Waals surface area contributed by atoms with Crippen LogP contribution in [0.4, 0.5) is 5.13 Å². The van der Waals surface area contributed by atoms with Gasteiger partial charge in [-0.05, 0) is 17.7 Å². The summed E-state index contributed by atoms with van der Waals surface area (Å²) in [6.45, 7) is 1.80. The van der Waals surface area contributed by atoms with E-state index in [0.717, 1.165) is 41.8 Å². The fourth-order valence-electron chi connectivity index (χ4n) is 2.82. The van der Waals surface area contributed by atoms with Crippen LogP contribution in [0.15, 0.2) is 54.9 Å². The van der Waals surface area contributed by atoms with E-state index in [1.54, 1.807) is 23.7 Å². The normalized spacial score (nSPS) is 17.2. The van der Waals surface area contributed by atoms with Crippen LogP contribution in [0.25, 0.3) is 0 Å². The van der Waals surface area contributed by atoms with Gasteiger partial charge in [-0.25, -0.2) is 0 Å². The highest BCUT2D eigenvalue weighted by atomic mass is 32.1. The van der Waals surface area contributed by atoms with Gasteiger partial charge in [0.25, 0.3) is 0 Å². The van der Waals surface area contributed by atoms with Gasteiger partial charge < -0.3 is 9.64 Å². The topological polar surface area (TPSA) is 51.1 Å². The third-order valence-electron chi connectivity index (χ3n) is 4.02. The molecule has 0 unspecified atom stereocenters. The highest BCUT2D eigenvalue weighted by molar-refractivity contribution is 7.15. The lowest BCUT2D eigenvalue weighted by atomic mass is 10.2. The second kappa shape index (κ2) is 6.97. The van der Waals surface area contributed by atoms with Gasteiger partial charge in [0.05, 0.1) is 6.54 Å². The first kappa shape index (κ1) is 15.1. The van der Waals surface area contributed by atoms with Gasteiger partial charge in [0, 0.05) is 31.8 Å². The third kappa shape index (κ3) is 3.54. The van der Waals surface area contributed by atoms with Crippen molar-refractivity contribution in [2.24, 2.45) is 0 Å². The molecule has 122 valence electrons. The first-order chi connectivity index (χ1) is 11.9. The van der Waals surface area contributed by atoms with E-state index in [9.17, 15) is 0 Å². The lowest BCUT2D eigenvalue weighted by Crippen LogP contribution is -2.24. The average Bonchev–Trinajstić information content (AvgIpc) is 3.26. The molecule has 5 nitrogen and oxygen atoms in total. The van der Waals surface area contributed by atoms with Crippen molar-refractivity contribution < 1.29 is 4.74 Å². The van der Waals surface area contributed by atoms with Crippen LogP contribution in [0.1, 0.15) is 17.0 Å². The Morgan fingerprint density at radius 1 is 1.08 bits per heavy atom. The van der Waals surface area contributed by atoms with Crippen LogP contribution in [0.5, 0.6) is 5.75 Å². The van der Waals surface area contributed by atoms with Gasteiger partial charge in [-0.3, -0.25) is 4.98 Å². The van der Waals surface area contributed by atoms with Crippen LogP contribution in [0.3, 0.4) is 0 Å². The average molecular weight is 338 g/mol. The van der Waals surface area contributed by atoms with Crippen molar-refractivity contribution in [2.75, 3.05) is 18.0 Å². The zero-order valence-electron chi connectivity index (χ0n) is 13.2. The number of benzene rings is 1. The maximum Gasteiger partial charge on any atom is 0.208 e. The Balaban J connectivity index is 1.37. The van der Waals surface area contributed by atoms with Gasteiger partial charge in [-0.2, -0.15) is 0 Å². The van der Waals surface area contributed by atoms with Crippen molar-refractivity contribution in [2.45, 2.75) is 18.9 Å². The first-order valence-corrected chi connectivity index (χ1v) is 8.86. The van der Waals surface area contributed by atoms with Crippen molar-refractivity contribution in [1.82, 2.24) is 15.2 Å². The van der Waals surface area contributed by atoms with Crippen LogP contribution >= 0.6 is 11.3 Å². The molecule has 1 aliphatic heterocycles. The Labute approximate surface area is 145 Å². The number of ether oxygens (including phenoxy) is 1. The van der Waals surface area contributed by atoms with Crippen molar-refractivity contribution >= 4 is 16.5 Å². The SMILES string of the molecule is c1ccc(Cc2nnc(N3CC[C@@H](Oc4ccncc4)C3)s2)cc1. The quantitative estimate of drug-likeness (QED) is 0.715. The Kier molecular flexibility index (Phi) is 4.38. The smallest absolute Gasteiger partial charge is 0.208 e. The Hall–Kier alpha value is -2.47. The van der Waals surface area contributed by atoms with Gasteiger partial charge in [0.1, 0.15) is 16.9 Å². The predicted molar refractivity (Wildman–Crippen MR) is 94.6 cm³/mol. The molecule has 1 aromatic carbocycles. The van der Waals surface area contributed by atoms with Gasteiger partial charge in [-0.1, -0.05) is 41.7 Å². The molecule has 1 fully saturated rings. The second-order valence-corrected chi connectivity index (χ2v) is 6.84. The van der Waals surface area contributed by atoms with Gasteiger partial charge in [0.15, 0.2) is 0 Å². The molecule has 1 atom stereocenters. The highest BCUT2D eigenvalue weighted by Gasteiger charge is 2.26. The zero-order valence-corrected chi connectivity index (χ0v) is 14.0. The first-order valence-electron chi connectivity index (χ1n) is 8.05. The maximum absolute atomic E-state index is 6.00. The molecule has 0 bridgehead atoms. The number of rotatable bonds is 5. The van der Waals surface area contributed by atoms with Crippen molar-refractivity contribution in [3.05, 3.63) is 65.4 Å². The van der Waals surface area contributed by atoms with Crippen LogP contribution < -0.4 is 9.64 Å². The Morgan fingerprint density at radius 2 is 1.92 bits per heavy atom. The number of nitrogens with zero attached hydrogens (tertiary/aromatic N) is 4. The summed E-state index contributed by atoms with van der Waals surface area (Å²) < 4.78 is 6.00. The van der Waals surface area contributed by atoms with Crippen molar-refractivity contribution in [3.63, 3.8) is 0 Å². The molecule has 4 rings (SSSR count). The molecule has 24 heavy (non-hydrogen) atoms. The summed E-state index contributed by atoms with van der Waals surface area (Å²) in [5.41, 5.74) is 1.26. The van der Waals surface area contributed by atoms with Crippen molar-refractivity contribution in [3.8, 4) is 5.75 Å². The fourth-order valence-corrected chi connectivity index (χ4v) is 3.73. The van der Waals surface area contributed by atoms with Gasteiger partial charge in [0.2, 0.25) is 5.13 Å². The zero-order chi connectivity index (χ0) is 16.2. The van der Waals surface area contributed by atoms with Gasteiger partial charge >= 0.3 is 0 Å². The van der Waals surface area contributed by atoms with E-state index in [0.29, 0.717) is 0 Å². The van der Waals surface area contributed by atoms with E-state index in [1.807, 2.05) is 18.2 Å². The van der Waals surface area contributed by atoms with E-state index < -0.39 is 0 Å². The summed E-state index contributed by atoms with van der Waals surface area (Å²) in [7, 11) is 0. The molecule has 1 aliphatic rings. The van der Waals surface area contributed by atoms with E-state index >= 15 is 0 Å². The summed E-state index contributed by atoms with van der Waals surface area (Å²) in [6, 6.07) is 14.2. The summed E-state index contributed by atoms with van der Waals surface area (Å²) in [5.74, 6) is 0.874. The minimum Gasteiger partial charge on any atom is -0.488 e. The molecule has 0 N–H and O–H groups in total. The van der Waals surface area contributed by atoms with Crippen molar-refractivity contribution in [1.29, 1.82) is 0 Å². The highest BCUT2D eigenvalue weighted by Crippen LogP contribution is 2.27. The minimum absolute atomic E-state index is 0.189. The molecular formula is C18H18N4OS. The number of hydrogen-bond donors (Lipinski definition) is 0. The molecular weight excluding hydrogens is 320 g/mol. The summed E-state index contributed by atoms with van der Waals surface area (Å²) in [5, 5.41) is 10.7. The van der Waals surface area contributed by atoms with E-state index in [-0.39, 0.29) is 6.10 Å². The summed E-state index contributed by atoms with van der Waals surface area (Å²) in [6.07, 6.45) is 5.53. The van der Waals surface area contributed by atoms with Crippen LogP contribution in [-0.4, -0.2) is 34.4 Å².